The second-order valence-corrected chi connectivity index (χ2v) is 7.05. The summed E-state index contributed by atoms with van der Waals surface area (Å²) < 4.78 is 15.4. The Morgan fingerprint density at radius 1 is 1.44 bits per heavy atom. The van der Waals surface area contributed by atoms with Crippen LogP contribution in [0, 0.1) is 18.8 Å². The minimum absolute atomic E-state index is 0.207. The van der Waals surface area contributed by atoms with Gasteiger partial charge in [0.05, 0.1) is 12.2 Å². The van der Waals surface area contributed by atoms with Gasteiger partial charge in [-0.15, -0.1) is 5.10 Å². The number of aromatic nitrogens is 2. The molecule has 1 N–H and O–H groups in total. The second-order valence-electron chi connectivity index (χ2n) is 6.30. The van der Waals surface area contributed by atoms with E-state index in [1.807, 2.05) is 12.1 Å². The molecule has 2 heterocycles. The van der Waals surface area contributed by atoms with Crippen LogP contribution in [0.25, 0.3) is 0 Å². The number of fused-ring (bicyclic) bond motifs is 1. The van der Waals surface area contributed by atoms with E-state index in [0.29, 0.717) is 16.3 Å². The number of carbonyl (C=O) groups excluding carboxylic acids is 1. The molecule has 0 spiro atoms. The predicted molar refractivity (Wildman–Crippen MR) is 95.1 cm³/mol. The van der Waals surface area contributed by atoms with Gasteiger partial charge in [0, 0.05) is 12.0 Å². The number of nitrogens with one attached hydrogen (secondary N) is 1. The van der Waals surface area contributed by atoms with Crippen molar-refractivity contribution < 1.29 is 14.3 Å². The first-order valence-corrected chi connectivity index (χ1v) is 8.70. The third-order valence-corrected chi connectivity index (χ3v) is 4.50. The van der Waals surface area contributed by atoms with Gasteiger partial charge in [0.15, 0.2) is 11.5 Å². The standard InChI is InChI=1S/C18H19N3O3S/c1-12-16(25-21-20-12)17(22)19-9-4-5-10-23-14-8-6-7-13-11-18(2,3)24-15(13)14/h6-8H,9-11H2,1-3H3,(H,19,22). The molecule has 0 radical (unpaired) electrons. The van der Waals surface area contributed by atoms with E-state index < -0.39 is 0 Å². The third kappa shape index (κ3) is 4.09. The summed E-state index contributed by atoms with van der Waals surface area (Å²) in [6, 6.07) is 5.88. The molecule has 1 aliphatic heterocycles. The number of aryl methyl sites for hydroxylation is 1. The zero-order chi connectivity index (χ0) is 17.9. The topological polar surface area (TPSA) is 73.3 Å². The predicted octanol–water partition coefficient (Wildman–Crippen LogP) is 2.37. The molecule has 0 fully saturated rings. The van der Waals surface area contributed by atoms with Crippen molar-refractivity contribution in [1.29, 1.82) is 0 Å². The molecule has 1 aromatic heterocycles. The van der Waals surface area contributed by atoms with E-state index in [-0.39, 0.29) is 24.7 Å². The van der Waals surface area contributed by atoms with Gasteiger partial charge in [-0.3, -0.25) is 4.79 Å². The normalized spacial score (nSPS) is 14.0. The fourth-order valence-corrected chi connectivity index (χ4v) is 3.15. The summed E-state index contributed by atoms with van der Waals surface area (Å²) in [5, 5.41) is 6.52. The summed E-state index contributed by atoms with van der Waals surface area (Å²) >= 11 is 1.07. The number of hydrogen-bond acceptors (Lipinski definition) is 6. The number of benzene rings is 1. The van der Waals surface area contributed by atoms with E-state index in [4.69, 9.17) is 9.47 Å². The highest BCUT2D eigenvalue weighted by atomic mass is 32.1. The first-order chi connectivity index (χ1) is 12.0. The zero-order valence-electron chi connectivity index (χ0n) is 14.4. The van der Waals surface area contributed by atoms with Gasteiger partial charge in [-0.2, -0.15) is 0 Å². The molecule has 0 atom stereocenters. The molecule has 25 heavy (non-hydrogen) atoms. The van der Waals surface area contributed by atoms with E-state index in [0.717, 1.165) is 29.3 Å². The molecule has 7 heteroatoms. The van der Waals surface area contributed by atoms with Crippen molar-refractivity contribution >= 4 is 17.4 Å². The molecule has 0 aliphatic carbocycles. The molecule has 0 saturated heterocycles. The van der Waals surface area contributed by atoms with Gasteiger partial charge in [0.2, 0.25) is 0 Å². The number of rotatable bonds is 4. The smallest absolute Gasteiger partial charge is 0.265 e. The van der Waals surface area contributed by atoms with Crippen molar-refractivity contribution in [2.45, 2.75) is 32.8 Å². The molecule has 1 aromatic carbocycles. The van der Waals surface area contributed by atoms with Gasteiger partial charge in [-0.05, 0) is 38.4 Å². The van der Waals surface area contributed by atoms with Crippen LogP contribution in [-0.2, 0) is 6.42 Å². The number of ether oxygens (including phenoxy) is 2. The fourth-order valence-electron chi connectivity index (χ4n) is 2.57. The Kier molecular flexibility index (Phi) is 4.91. The molecular weight excluding hydrogens is 338 g/mol. The van der Waals surface area contributed by atoms with E-state index >= 15 is 0 Å². The number of carbonyl (C=O) groups is 1. The average molecular weight is 357 g/mol. The maximum absolute atomic E-state index is 11.9. The number of amides is 1. The van der Waals surface area contributed by atoms with Crippen LogP contribution in [0.4, 0.5) is 0 Å². The van der Waals surface area contributed by atoms with Gasteiger partial charge in [-0.25, -0.2) is 0 Å². The second kappa shape index (κ2) is 7.11. The quantitative estimate of drug-likeness (QED) is 0.851. The van der Waals surface area contributed by atoms with Gasteiger partial charge in [0.25, 0.3) is 5.91 Å². The lowest BCUT2D eigenvalue weighted by molar-refractivity contribution is 0.0962. The van der Waals surface area contributed by atoms with E-state index in [2.05, 4.69) is 46.7 Å². The lowest BCUT2D eigenvalue weighted by Crippen LogP contribution is -2.24. The van der Waals surface area contributed by atoms with Crippen LogP contribution >= 0.6 is 11.5 Å². The lowest BCUT2D eigenvalue weighted by Gasteiger charge is -2.17. The van der Waals surface area contributed by atoms with Crippen LogP contribution < -0.4 is 14.8 Å². The number of hydrogen-bond donors (Lipinski definition) is 1. The molecule has 0 bridgehead atoms. The Balaban J connectivity index is 1.49. The first kappa shape index (κ1) is 17.2. The SMILES string of the molecule is Cc1nnsc1C(=O)NCC#CCOc1cccc2c1OC(C)(C)C2. The highest BCUT2D eigenvalue weighted by molar-refractivity contribution is 7.07. The Hall–Kier alpha value is -2.59. The van der Waals surface area contributed by atoms with Crippen LogP contribution in [0.5, 0.6) is 11.5 Å². The summed E-state index contributed by atoms with van der Waals surface area (Å²) in [6.07, 6.45) is 0.864. The Labute approximate surface area is 150 Å². The summed E-state index contributed by atoms with van der Waals surface area (Å²) in [5.74, 6) is 7.05. The summed E-state index contributed by atoms with van der Waals surface area (Å²) in [5.41, 5.74) is 1.57. The molecule has 1 aliphatic rings. The van der Waals surface area contributed by atoms with E-state index in [9.17, 15) is 4.79 Å². The van der Waals surface area contributed by atoms with Gasteiger partial charge in [0.1, 0.15) is 17.1 Å². The minimum atomic E-state index is -0.209. The molecule has 6 nitrogen and oxygen atoms in total. The monoisotopic (exact) mass is 357 g/mol. The third-order valence-electron chi connectivity index (χ3n) is 3.67. The van der Waals surface area contributed by atoms with Gasteiger partial charge in [-0.1, -0.05) is 28.5 Å². The Morgan fingerprint density at radius 2 is 2.28 bits per heavy atom. The Bertz CT molecular complexity index is 849. The summed E-state index contributed by atoms with van der Waals surface area (Å²) in [4.78, 5) is 12.4. The summed E-state index contributed by atoms with van der Waals surface area (Å²) in [7, 11) is 0. The molecule has 130 valence electrons. The molecule has 1 amide bonds. The highest BCUT2D eigenvalue weighted by Gasteiger charge is 2.32. The van der Waals surface area contributed by atoms with Crippen molar-refractivity contribution in [1.82, 2.24) is 14.9 Å². The van der Waals surface area contributed by atoms with Crippen LogP contribution in [-0.4, -0.2) is 34.2 Å². The van der Waals surface area contributed by atoms with Crippen molar-refractivity contribution in [3.8, 4) is 23.3 Å². The van der Waals surface area contributed by atoms with Crippen molar-refractivity contribution in [3.05, 3.63) is 34.3 Å². The van der Waals surface area contributed by atoms with Gasteiger partial charge >= 0.3 is 0 Å². The fraction of sp³-hybridized carbons (Fsp3) is 0.389. The van der Waals surface area contributed by atoms with E-state index in [1.165, 1.54) is 0 Å². The number of nitrogens with zero attached hydrogens (tertiary/aromatic N) is 2. The molecule has 0 saturated carbocycles. The largest absolute Gasteiger partial charge is 0.483 e. The summed E-state index contributed by atoms with van der Waals surface area (Å²) in [6.45, 7) is 6.34. The minimum Gasteiger partial charge on any atom is -0.483 e. The van der Waals surface area contributed by atoms with Crippen LogP contribution in [0.15, 0.2) is 18.2 Å². The maximum atomic E-state index is 11.9. The first-order valence-electron chi connectivity index (χ1n) is 7.93. The number of para-hydroxylation sites is 1. The maximum Gasteiger partial charge on any atom is 0.265 e. The van der Waals surface area contributed by atoms with E-state index in [1.54, 1.807) is 6.92 Å². The van der Waals surface area contributed by atoms with Crippen LogP contribution in [0.3, 0.4) is 0 Å². The van der Waals surface area contributed by atoms with Crippen LogP contribution in [0.2, 0.25) is 0 Å². The molecule has 2 aromatic rings. The zero-order valence-corrected chi connectivity index (χ0v) is 15.2. The lowest BCUT2D eigenvalue weighted by atomic mass is 10.0. The molecule has 3 rings (SSSR count). The highest BCUT2D eigenvalue weighted by Crippen LogP contribution is 2.41. The molecular formula is C18H19N3O3S. The van der Waals surface area contributed by atoms with Crippen molar-refractivity contribution in [2.24, 2.45) is 0 Å². The Morgan fingerprint density at radius 3 is 3.04 bits per heavy atom. The molecule has 0 unspecified atom stereocenters. The van der Waals surface area contributed by atoms with Crippen molar-refractivity contribution in [3.63, 3.8) is 0 Å². The van der Waals surface area contributed by atoms with Crippen LogP contribution in [0.1, 0.15) is 34.8 Å². The average Bonchev–Trinajstić information content (AvgIpc) is 3.12. The van der Waals surface area contributed by atoms with Crippen molar-refractivity contribution in [2.75, 3.05) is 13.2 Å². The van der Waals surface area contributed by atoms with Gasteiger partial charge < -0.3 is 14.8 Å².